The highest BCUT2D eigenvalue weighted by molar-refractivity contribution is 6.30. The third-order valence-corrected chi connectivity index (χ3v) is 4.94. The van der Waals surface area contributed by atoms with E-state index >= 15 is 0 Å². The molecule has 0 saturated heterocycles. The van der Waals surface area contributed by atoms with Crippen molar-refractivity contribution in [1.82, 2.24) is 15.0 Å². The number of rotatable bonds is 5. The molecular weight excluding hydrogens is 384 g/mol. The molecule has 0 aliphatic carbocycles. The number of amides is 1. The van der Waals surface area contributed by atoms with E-state index in [9.17, 15) is 4.79 Å². The molecule has 1 aromatic heterocycles. The van der Waals surface area contributed by atoms with E-state index in [2.05, 4.69) is 22.6 Å². The summed E-state index contributed by atoms with van der Waals surface area (Å²) in [5, 5.41) is 11.8. The van der Waals surface area contributed by atoms with Gasteiger partial charge in [0.05, 0.1) is 17.6 Å². The summed E-state index contributed by atoms with van der Waals surface area (Å²) in [7, 11) is 0. The maximum absolute atomic E-state index is 12.5. The molecule has 0 atom stereocenters. The second-order valence-corrected chi connectivity index (χ2v) is 7.03. The minimum absolute atomic E-state index is 0.155. The van der Waals surface area contributed by atoms with Gasteiger partial charge in [-0.3, -0.25) is 4.79 Å². The van der Waals surface area contributed by atoms with E-state index in [1.807, 2.05) is 60.7 Å². The molecule has 0 bridgehead atoms. The molecule has 1 N–H and O–H groups in total. The van der Waals surface area contributed by atoms with Gasteiger partial charge in [0.1, 0.15) is 0 Å². The highest BCUT2D eigenvalue weighted by Gasteiger charge is 2.11. The van der Waals surface area contributed by atoms with Crippen molar-refractivity contribution in [2.75, 3.05) is 5.32 Å². The maximum Gasteiger partial charge on any atom is 0.255 e. The van der Waals surface area contributed by atoms with Crippen molar-refractivity contribution >= 4 is 23.2 Å². The Labute approximate surface area is 174 Å². The van der Waals surface area contributed by atoms with Crippen molar-refractivity contribution < 1.29 is 4.79 Å². The van der Waals surface area contributed by atoms with Crippen molar-refractivity contribution in [2.45, 2.75) is 13.3 Å². The number of hydrogen-bond acceptors (Lipinski definition) is 3. The van der Waals surface area contributed by atoms with Crippen molar-refractivity contribution in [2.24, 2.45) is 0 Å². The molecule has 0 fully saturated rings. The molecule has 29 heavy (non-hydrogen) atoms. The van der Waals surface area contributed by atoms with E-state index in [0.717, 1.165) is 29.1 Å². The van der Waals surface area contributed by atoms with Crippen LogP contribution in [-0.2, 0) is 6.42 Å². The topological polar surface area (TPSA) is 59.8 Å². The molecule has 1 amide bonds. The minimum atomic E-state index is -0.155. The van der Waals surface area contributed by atoms with E-state index in [4.69, 9.17) is 11.6 Å². The molecule has 0 aliphatic heterocycles. The highest BCUT2D eigenvalue weighted by Crippen LogP contribution is 2.23. The average Bonchev–Trinajstić information content (AvgIpc) is 3.25. The lowest BCUT2D eigenvalue weighted by atomic mass is 10.1. The Morgan fingerprint density at radius 2 is 1.66 bits per heavy atom. The average molecular weight is 403 g/mol. The van der Waals surface area contributed by atoms with Crippen LogP contribution in [0.1, 0.15) is 22.8 Å². The molecule has 1 heterocycles. The molecule has 4 rings (SSSR count). The summed E-state index contributed by atoms with van der Waals surface area (Å²) in [5.74, 6) is -0.155. The lowest BCUT2D eigenvalue weighted by Crippen LogP contribution is -2.12. The van der Waals surface area contributed by atoms with Gasteiger partial charge in [-0.2, -0.15) is 0 Å². The van der Waals surface area contributed by atoms with Gasteiger partial charge in [-0.25, -0.2) is 4.68 Å². The van der Waals surface area contributed by atoms with Crippen LogP contribution < -0.4 is 5.32 Å². The summed E-state index contributed by atoms with van der Waals surface area (Å²) in [6.07, 6.45) is 2.67. The highest BCUT2D eigenvalue weighted by atomic mass is 35.5. The molecule has 3 aromatic carbocycles. The van der Waals surface area contributed by atoms with Gasteiger partial charge in [-0.05, 0) is 60.5 Å². The van der Waals surface area contributed by atoms with Crippen molar-refractivity contribution in [3.8, 4) is 16.9 Å². The van der Waals surface area contributed by atoms with Crippen LogP contribution in [0.5, 0.6) is 0 Å². The van der Waals surface area contributed by atoms with E-state index in [1.165, 1.54) is 5.56 Å². The standard InChI is InChI=1S/C23H19ClN4O/c1-2-16-3-11-20(12-4-16)26-23(29)18-7-13-21(14-8-18)28-22(15-25-27-28)17-5-9-19(24)10-6-17/h3-15H,2H2,1H3,(H,26,29). The second kappa shape index (κ2) is 8.29. The first kappa shape index (κ1) is 18.9. The molecule has 6 heteroatoms. The number of hydrogen-bond donors (Lipinski definition) is 1. The van der Waals surface area contributed by atoms with Crippen molar-refractivity contribution in [1.29, 1.82) is 0 Å². The number of carbonyl (C=O) groups excluding carboxylic acids is 1. The van der Waals surface area contributed by atoms with Gasteiger partial charge >= 0.3 is 0 Å². The first-order chi connectivity index (χ1) is 14.1. The van der Waals surface area contributed by atoms with Crippen molar-refractivity contribution in [3.63, 3.8) is 0 Å². The number of benzene rings is 3. The first-order valence-corrected chi connectivity index (χ1v) is 9.69. The smallest absolute Gasteiger partial charge is 0.255 e. The Balaban J connectivity index is 1.53. The Bertz CT molecular complexity index is 1120. The Morgan fingerprint density at radius 1 is 0.966 bits per heavy atom. The summed E-state index contributed by atoms with van der Waals surface area (Å²) >= 11 is 5.97. The Morgan fingerprint density at radius 3 is 2.31 bits per heavy atom. The molecular formula is C23H19ClN4O. The van der Waals surface area contributed by atoms with Crippen LogP contribution in [0.2, 0.25) is 5.02 Å². The predicted octanol–water partition coefficient (Wildman–Crippen LogP) is 5.40. The number of carbonyl (C=O) groups is 1. The number of halogens is 1. The van der Waals surface area contributed by atoms with Gasteiger partial charge in [0.25, 0.3) is 5.91 Å². The quantitative estimate of drug-likeness (QED) is 0.486. The van der Waals surface area contributed by atoms with Gasteiger partial charge in [-0.1, -0.05) is 48.0 Å². The molecule has 0 aliphatic rings. The van der Waals surface area contributed by atoms with Gasteiger partial charge in [0.2, 0.25) is 0 Å². The zero-order valence-electron chi connectivity index (χ0n) is 15.8. The van der Waals surface area contributed by atoms with Crippen LogP contribution in [0, 0.1) is 0 Å². The van der Waals surface area contributed by atoms with E-state index in [-0.39, 0.29) is 5.91 Å². The van der Waals surface area contributed by atoms with Gasteiger partial charge in [-0.15, -0.1) is 5.10 Å². The Hall–Kier alpha value is -3.44. The molecule has 5 nitrogen and oxygen atoms in total. The molecule has 144 valence electrons. The number of aromatic nitrogens is 3. The lowest BCUT2D eigenvalue weighted by Gasteiger charge is -2.09. The van der Waals surface area contributed by atoms with Crippen LogP contribution in [0.4, 0.5) is 5.69 Å². The van der Waals surface area contributed by atoms with Crippen LogP contribution in [0.15, 0.2) is 79.0 Å². The molecule has 0 unspecified atom stereocenters. The molecule has 0 radical (unpaired) electrons. The predicted molar refractivity (Wildman–Crippen MR) is 116 cm³/mol. The minimum Gasteiger partial charge on any atom is -0.322 e. The zero-order valence-corrected chi connectivity index (χ0v) is 16.6. The zero-order chi connectivity index (χ0) is 20.2. The fourth-order valence-corrected chi connectivity index (χ4v) is 3.15. The SMILES string of the molecule is CCc1ccc(NC(=O)c2ccc(-n3nncc3-c3ccc(Cl)cc3)cc2)cc1. The fraction of sp³-hybridized carbons (Fsp3) is 0.0870. The van der Waals surface area contributed by atoms with Crippen molar-refractivity contribution in [3.05, 3.63) is 95.1 Å². The third-order valence-electron chi connectivity index (χ3n) is 4.68. The summed E-state index contributed by atoms with van der Waals surface area (Å²) in [6, 6.07) is 22.6. The van der Waals surface area contributed by atoms with Gasteiger partial charge in [0.15, 0.2) is 0 Å². The third kappa shape index (κ3) is 4.20. The number of anilines is 1. The molecule has 0 saturated carbocycles. The summed E-state index contributed by atoms with van der Waals surface area (Å²) < 4.78 is 1.73. The monoisotopic (exact) mass is 402 g/mol. The van der Waals surface area contributed by atoms with Gasteiger partial charge in [0, 0.05) is 21.8 Å². The largest absolute Gasteiger partial charge is 0.322 e. The van der Waals surface area contributed by atoms with E-state index in [1.54, 1.807) is 23.0 Å². The van der Waals surface area contributed by atoms with Crippen LogP contribution >= 0.6 is 11.6 Å². The summed E-state index contributed by atoms with van der Waals surface area (Å²) in [5.41, 5.74) is 5.19. The Kier molecular flexibility index (Phi) is 5.40. The number of nitrogens with one attached hydrogen (secondary N) is 1. The van der Waals surface area contributed by atoms with Crippen LogP contribution in [0.3, 0.4) is 0 Å². The summed E-state index contributed by atoms with van der Waals surface area (Å²) in [6.45, 7) is 2.10. The maximum atomic E-state index is 12.5. The van der Waals surface area contributed by atoms with Crippen LogP contribution in [-0.4, -0.2) is 20.9 Å². The fourth-order valence-electron chi connectivity index (χ4n) is 3.02. The summed E-state index contributed by atoms with van der Waals surface area (Å²) in [4.78, 5) is 12.5. The first-order valence-electron chi connectivity index (χ1n) is 9.31. The number of aryl methyl sites for hydroxylation is 1. The normalized spacial score (nSPS) is 10.7. The van der Waals surface area contributed by atoms with E-state index < -0.39 is 0 Å². The molecule has 4 aromatic rings. The van der Waals surface area contributed by atoms with Crippen LogP contribution in [0.25, 0.3) is 16.9 Å². The lowest BCUT2D eigenvalue weighted by molar-refractivity contribution is 0.102. The number of nitrogens with zero attached hydrogens (tertiary/aromatic N) is 3. The second-order valence-electron chi connectivity index (χ2n) is 6.59. The molecule has 0 spiro atoms. The van der Waals surface area contributed by atoms with E-state index in [0.29, 0.717) is 10.6 Å². The van der Waals surface area contributed by atoms with Gasteiger partial charge < -0.3 is 5.32 Å².